The van der Waals surface area contributed by atoms with E-state index in [0.717, 1.165) is 0 Å². The van der Waals surface area contributed by atoms with Gasteiger partial charge in [0.25, 0.3) is 0 Å². The maximum Gasteiger partial charge on any atom is 1.00 e. The third-order valence-corrected chi connectivity index (χ3v) is 2.10. The predicted octanol–water partition coefficient (Wildman–Crippen LogP) is -15.6. The van der Waals surface area contributed by atoms with Crippen LogP contribution in [0.15, 0.2) is 0 Å². The Bertz CT molecular complexity index is 223. The summed E-state index contributed by atoms with van der Waals surface area (Å²) in [6, 6.07) is 0. The van der Waals surface area contributed by atoms with E-state index < -0.39 is 44.4 Å². The van der Waals surface area contributed by atoms with Gasteiger partial charge >= 0.3 is 88.7 Å². The minimum Gasteiger partial charge on any atom is -0.822 e. The molecule has 0 bridgehead atoms. The van der Waals surface area contributed by atoms with Gasteiger partial charge in [0.15, 0.2) is 0 Å². The van der Waals surface area contributed by atoms with E-state index >= 15 is 0 Å². The van der Waals surface area contributed by atoms with Crippen molar-refractivity contribution in [2.24, 2.45) is 0 Å². The molecular formula is C6H12Na3O10P. The summed E-state index contributed by atoms with van der Waals surface area (Å²) in [4.78, 5) is 25.6. The summed E-state index contributed by atoms with van der Waals surface area (Å²) in [5.41, 5.74) is 0. The fourth-order valence-electron chi connectivity index (χ4n) is 1.21. The molecule has 1 rings (SSSR count). The van der Waals surface area contributed by atoms with Crippen LogP contribution in [-0.2, 0) is 4.57 Å². The summed E-state index contributed by atoms with van der Waals surface area (Å²) in [5, 5.41) is 53.8. The smallest absolute Gasteiger partial charge is 0.822 e. The van der Waals surface area contributed by atoms with Crippen LogP contribution in [0.5, 0.6) is 0 Å². The van der Waals surface area contributed by atoms with Crippen LogP contribution in [0.2, 0.25) is 0 Å². The molecule has 0 spiro atoms. The van der Waals surface area contributed by atoms with Crippen molar-refractivity contribution >= 4 is 7.82 Å². The molecule has 0 aromatic carbocycles. The Morgan fingerprint density at radius 1 is 0.550 bits per heavy atom. The molecule has 0 aromatic heterocycles. The zero-order valence-corrected chi connectivity index (χ0v) is 18.1. The molecule has 1 fully saturated rings. The second-order valence-corrected chi connectivity index (χ2v) is 4.29. The molecule has 104 valence electrons. The minimum atomic E-state index is -5.39. The molecule has 0 saturated heterocycles. The molecule has 20 heavy (non-hydrogen) atoms. The van der Waals surface area contributed by atoms with E-state index in [1.807, 2.05) is 0 Å². The van der Waals surface area contributed by atoms with E-state index in [9.17, 15) is 0 Å². The first-order chi connectivity index (χ1) is 7.46. The van der Waals surface area contributed by atoms with Crippen molar-refractivity contribution in [3.63, 3.8) is 0 Å². The number of hydrogen-bond donors (Lipinski definition) is 6. The molecule has 1 aliphatic rings. The monoisotopic (exact) mass is 344 g/mol. The molecule has 0 unspecified atom stereocenters. The van der Waals surface area contributed by atoms with Gasteiger partial charge in [0.05, 0.1) is 0 Å². The van der Waals surface area contributed by atoms with Crippen molar-refractivity contribution in [3.8, 4) is 0 Å². The summed E-state index contributed by atoms with van der Waals surface area (Å²) in [6.45, 7) is 0. The molecular weight excluding hydrogens is 332 g/mol. The average molecular weight is 344 g/mol. The van der Waals surface area contributed by atoms with E-state index in [0.29, 0.717) is 0 Å². The predicted molar refractivity (Wildman–Crippen MR) is 43.6 cm³/mol. The van der Waals surface area contributed by atoms with Crippen LogP contribution in [0.25, 0.3) is 0 Å². The van der Waals surface area contributed by atoms with Gasteiger partial charge in [-0.1, -0.05) is 0 Å². The van der Waals surface area contributed by atoms with Crippen LogP contribution in [0, 0.1) is 0 Å². The van der Waals surface area contributed by atoms with Crippen molar-refractivity contribution in [1.82, 2.24) is 0 Å². The van der Waals surface area contributed by atoms with Crippen molar-refractivity contribution in [1.29, 1.82) is 0 Å². The van der Waals surface area contributed by atoms with E-state index in [-0.39, 0.29) is 88.7 Å². The number of aliphatic hydroxyl groups excluding tert-OH is 6. The molecule has 0 amide bonds. The topological polar surface area (TPSA) is 208 Å². The summed E-state index contributed by atoms with van der Waals surface area (Å²) >= 11 is 0. The van der Waals surface area contributed by atoms with E-state index in [1.165, 1.54) is 0 Å². The first-order valence-electron chi connectivity index (χ1n) is 4.28. The Morgan fingerprint density at radius 3 is 0.650 bits per heavy atom. The van der Waals surface area contributed by atoms with Gasteiger partial charge in [0, 0.05) is 0 Å². The van der Waals surface area contributed by atoms with Crippen molar-refractivity contribution < 1.29 is 139 Å². The second-order valence-electron chi connectivity index (χ2n) is 3.39. The zero-order chi connectivity index (χ0) is 14.0. The number of rotatable bonds is 0. The van der Waals surface area contributed by atoms with Gasteiger partial charge in [-0.3, -0.25) is 0 Å². The van der Waals surface area contributed by atoms with Gasteiger partial charge in [0.2, 0.25) is 0 Å². The number of phosphoric acid groups is 1. The molecule has 10 nitrogen and oxygen atoms in total. The Labute approximate surface area is 181 Å². The Hall–Kier alpha value is 2.87. The van der Waals surface area contributed by atoms with Crippen LogP contribution < -0.4 is 103 Å². The third kappa shape index (κ3) is 11.4. The molecule has 6 N–H and O–H groups in total. The molecule has 0 atom stereocenters. The van der Waals surface area contributed by atoms with E-state index in [2.05, 4.69) is 0 Å². The standard InChI is InChI=1S/C6H12O6.3Na.H3O4P/c7-1-2(8)4(10)6(12)5(11)3(1)9;;;;1-5(2,3)4/h1-12H;;;;(H3,1,2,3,4)/q;3*+1;/p-3. The van der Waals surface area contributed by atoms with Gasteiger partial charge in [-0.15, -0.1) is 0 Å². The number of aliphatic hydroxyl groups is 6. The summed E-state index contributed by atoms with van der Waals surface area (Å²) in [5.74, 6) is 0. The molecule has 1 aliphatic carbocycles. The quantitative estimate of drug-likeness (QED) is 0.180. The van der Waals surface area contributed by atoms with Crippen molar-refractivity contribution in [2.45, 2.75) is 36.6 Å². The summed E-state index contributed by atoms with van der Waals surface area (Å²) < 4.78 is 8.55. The van der Waals surface area contributed by atoms with Crippen LogP contribution in [-0.4, -0.2) is 67.3 Å². The molecule has 1 saturated carbocycles. The first kappa shape index (κ1) is 30.7. The Balaban J connectivity index is -0.000000141. The fourth-order valence-corrected chi connectivity index (χ4v) is 1.21. The molecule has 0 radical (unpaired) electrons. The minimum absolute atomic E-state index is 0. The SMILES string of the molecule is O=P([O-])([O-])[O-].OC1C(O)C(O)C(O)C(O)C1O.[Na+].[Na+].[Na+]. The maximum atomic E-state index is 8.97. The summed E-state index contributed by atoms with van der Waals surface area (Å²) in [7, 11) is -5.39. The Kier molecular flexibility index (Phi) is 20.3. The van der Waals surface area contributed by atoms with Crippen molar-refractivity contribution in [2.75, 3.05) is 0 Å². The van der Waals surface area contributed by atoms with Gasteiger partial charge in [-0.05, 0) is 0 Å². The molecule has 0 aromatic rings. The van der Waals surface area contributed by atoms with Crippen molar-refractivity contribution in [3.05, 3.63) is 0 Å². The molecule has 0 heterocycles. The van der Waals surface area contributed by atoms with Crippen LogP contribution in [0.4, 0.5) is 0 Å². The van der Waals surface area contributed by atoms with E-state index in [1.54, 1.807) is 0 Å². The summed E-state index contributed by atoms with van der Waals surface area (Å²) in [6.07, 6.45) is -9.84. The van der Waals surface area contributed by atoms with Crippen LogP contribution >= 0.6 is 7.82 Å². The largest absolute Gasteiger partial charge is 1.00 e. The zero-order valence-electron chi connectivity index (χ0n) is 11.2. The normalized spacial score (nSPS) is 36.2. The molecule has 14 heteroatoms. The van der Waals surface area contributed by atoms with Crippen LogP contribution in [0.3, 0.4) is 0 Å². The number of hydrogen-bond acceptors (Lipinski definition) is 10. The van der Waals surface area contributed by atoms with E-state index in [4.69, 9.17) is 49.9 Å². The fraction of sp³-hybridized carbons (Fsp3) is 1.00. The average Bonchev–Trinajstić information content (AvgIpc) is 2.18. The first-order valence-corrected chi connectivity index (χ1v) is 5.74. The second kappa shape index (κ2) is 13.2. The van der Waals surface area contributed by atoms with Gasteiger partial charge in [-0.25, -0.2) is 0 Å². The van der Waals surface area contributed by atoms with Gasteiger partial charge in [0.1, 0.15) is 36.6 Å². The van der Waals surface area contributed by atoms with Gasteiger partial charge in [-0.2, -0.15) is 7.82 Å². The van der Waals surface area contributed by atoms with Crippen LogP contribution in [0.1, 0.15) is 0 Å². The Morgan fingerprint density at radius 2 is 0.600 bits per heavy atom. The maximum absolute atomic E-state index is 8.97. The van der Waals surface area contributed by atoms with Gasteiger partial charge < -0.3 is 49.9 Å². The molecule has 0 aliphatic heterocycles. The third-order valence-electron chi connectivity index (χ3n) is 2.10.